The van der Waals surface area contributed by atoms with Gasteiger partial charge in [-0.05, 0) is 82.2 Å². The first-order valence-corrected chi connectivity index (χ1v) is 21.9. The minimum Gasteiger partial charge on any atom is -0.354 e. The average Bonchev–Trinajstić information content (AvgIpc) is 3.39. The number of aryl methyl sites for hydroxylation is 4. The van der Waals surface area contributed by atoms with Gasteiger partial charge in [0, 0.05) is 9.75 Å². The largest absolute Gasteiger partial charge is 0.354 e. The van der Waals surface area contributed by atoms with Crippen LogP contribution >= 0.6 is 22.7 Å². The molecule has 1 nitrogen and oxygen atoms in total. The molecule has 0 spiro atoms. The summed E-state index contributed by atoms with van der Waals surface area (Å²) < 4.78 is 10.5. The molecule has 0 bridgehead atoms. The molecule has 37 heavy (non-hydrogen) atoms. The van der Waals surface area contributed by atoms with E-state index in [-0.39, 0.29) is 12.2 Å². The molecule has 0 aliphatic rings. The standard InChI is InChI=1S/C32H42OS2Si2/c1-21-15-11-13-17-25(21)29(27-19-23(3)31(34-27)36(5,6)7)33-30(26-18-14-12-16-22(26)2)28-20-24(4)32(35-28)37(8,9)10/h11-20,29-30H,1-10H3. The third-order valence-corrected chi connectivity index (χ3v) is 17.0. The second-order valence-corrected chi connectivity index (χ2v) is 25.3. The topological polar surface area (TPSA) is 9.23 Å². The van der Waals surface area contributed by atoms with Crippen LogP contribution in [0.5, 0.6) is 0 Å². The van der Waals surface area contributed by atoms with E-state index in [9.17, 15) is 0 Å². The molecule has 5 heteroatoms. The van der Waals surface area contributed by atoms with E-state index in [0.29, 0.717) is 0 Å². The van der Waals surface area contributed by atoms with Crippen molar-refractivity contribution in [2.24, 2.45) is 0 Å². The van der Waals surface area contributed by atoms with Crippen molar-refractivity contribution >= 4 is 47.8 Å². The van der Waals surface area contributed by atoms with Crippen LogP contribution in [0.4, 0.5) is 0 Å². The van der Waals surface area contributed by atoms with E-state index in [2.05, 4.69) is 128 Å². The summed E-state index contributed by atoms with van der Waals surface area (Å²) in [6, 6.07) is 22.3. The Morgan fingerprint density at radius 2 is 0.892 bits per heavy atom. The molecule has 2 atom stereocenters. The number of hydrogen-bond donors (Lipinski definition) is 0. The number of rotatable bonds is 8. The lowest BCUT2D eigenvalue weighted by Gasteiger charge is -2.27. The summed E-state index contributed by atoms with van der Waals surface area (Å²) in [5.41, 5.74) is 7.93. The summed E-state index contributed by atoms with van der Waals surface area (Å²) in [4.78, 5) is 2.64. The maximum atomic E-state index is 7.37. The Balaban J connectivity index is 1.90. The minimum absolute atomic E-state index is 0.114. The molecule has 0 radical (unpaired) electrons. The van der Waals surface area contributed by atoms with Crippen LogP contribution in [-0.4, -0.2) is 16.1 Å². The van der Waals surface area contributed by atoms with Gasteiger partial charge in [0.2, 0.25) is 0 Å². The van der Waals surface area contributed by atoms with Gasteiger partial charge in [0.15, 0.2) is 0 Å². The summed E-state index contributed by atoms with van der Waals surface area (Å²) >= 11 is 3.95. The average molecular weight is 563 g/mol. The quantitative estimate of drug-likeness (QED) is 0.195. The normalized spacial score (nSPS) is 14.1. The molecule has 0 aliphatic carbocycles. The van der Waals surface area contributed by atoms with E-state index in [1.807, 2.05) is 22.7 Å². The second-order valence-electron chi connectivity index (χ2n) is 12.4. The van der Waals surface area contributed by atoms with E-state index in [0.717, 1.165) is 0 Å². The minimum atomic E-state index is -1.45. The lowest BCUT2D eigenvalue weighted by Crippen LogP contribution is -2.36. The predicted octanol–water partition coefficient (Wildman–Crippen LogP) is 9.03. The van der Waals surface area contributed by atoms with Crippen molar-refractivity contribution in [1.82, 2.24) is 0 Å². The molecule has 2 heterocycles. The van der Waals surface area contributed by atoms with Gasteiger partial charge in [-0.2, -0.15) is 0 Å². The van der Waals surface area contributed by atoms with Crippen molar-refractivity contribution in [1.29, 1.82) is 0 Å². The van der Waals surface area contributed by atoms with Gasteiger partial charge in [-0.25, -0.2) is 0 Å². The molecule has 196 valence electrons. The molecule has 4 aromatic rings. The Morgan fingerprint density at radius 1 is 0.541 bits per heavy atom. The van der Waals surface area contributed by atoms with Crippen molar-refractivity contribution in [3.8, 4) is 0 Å². The van der Waals surface area contributed by atoms with Gasteiger partial charge in [0.25, 0.3) is 0 Å². The van der Waals surface area contributed by atoms with Gasteiger partial charge < -0.3 is 4.74 Å². The highest BCUT2D eigenvalue weighted by molar-refractivity contribution is 7.27. The van der Waals surface area contributed by atoms with E-state index in [4.69, 9.17) is 4.74 Å². The first kappa shape index (κ1) is 28.2. The Labute approximate surface area is 234 Å². The highest BCUT2D eigenvalue weighted by Crippen LogP contribution is 2.41. The summed E-state index contributed by atoms with van der Waals surface area (Å²) in [7, 11) is -2.90. The van der Waals surface area contributed by atoms with Gasteiger partial charge in [-0.1, -0.05) is 87.8 Å². The fourth-order valence-electron chi connectivity index (χ4n) is 5.25. The van der Waals surface area contributed by atoms with Crippen molar-refractivity contribution in [3.05, 3.63) is 104 Å². The van der Waals surface area contributed by atoms with Gasteiger partial charge in [0.1, 0.15) is 12.2 Å². The molecule has 0 N–H and O–H groups in total. The Kier molecular flexibility index (Phi) is 8.23. The van der Waals surface area contributed by atoms with E-state index in [1.165, 1.54) is 43.1 Å². The smallest absolute Gasteiger partial charge is 0.118 e. The van der Waals surface area contributed by atoms with Gasteiger partial charge in [-0.3, -0.25) is 0 Å². The molecule has 0 fully saturated rings. The molecule has 0 aliphatic heterocycles. The molecule has 0 saturated carbocycles. The molecular formula is C32H42OS2Si2. The van der Waals surface area contributed by atoms with Crippen molar-refractivity contribution in [2.75, 3.05) is 0 Å². The maximum absolute atomic E-state index is 7.37. The first-order chi connectivity index (χ1) is 17.3. The maximum Gasteiger partial charge on any atom is 0.118 e. The van der Waals surface area contributed by atoms with Crippen LogP contribution in [0.25, 0.3) is 0 Å². The second kappa shape index (κ2) is 10.8. The highest BCUT2D eigenvalue weighted by atomic mass is 32.1. The Bertz CT molecular complexity index is 1280. The SMILES string of the molecule is Cc1ccccc1C(OC(c1cc(C)c([Si](C)(C)C)s1)c1ccccc1C)c1cc(C)c([Si](C)(C)C)s1. The number of thiophene rings is 2. The molecular weight excluding hydrogens is 521 g/mol. The molecule has 2 aromatic heterocycles. The van der Waals surface area contributed by atoms with Crippen LogP contribution in [0.1, 0.15) is 55.3 Å². The molecule has 4 rings (SSSR count). The summed E-state index contributed by atoms with van der Waals surface area (Å²) in [5, 5.41) is 0. The van der Waals surface area contributed by atoms with Crippen LogP contribution in [0, 0.1) is 27.7 Å². The zero-order chi connectivity index (χ0) is 27.1. The molecule has 2 aromatic carbocycles. The Morgan fingerprint density at radius 3 is 1.19 bits per heavy atom. The summed E-state index contributed by atoms with van der Waals surface area (Å²) in [5.74, 6) is 0. The molecule has 0 amide bonds. The number of hydrogen-bond acceptors (Lipinski definition) is 3. The van der Waals surface area contributed by atoms with Crippen molar-refractivity contribution in [2.45, 2.75) is 79.2 Å². The lowest BCUT2D eigenvalue weighted by molar-refractivity contribution is 0.0341. The first-order valence-electron chi connectivity index (χ1n) is 13.3. The summed E-state index contributed by atoms with van der Waals surface area (Å²) in [6.45, 7) is 23.7. The summed E-state index contributed by atoms with van der Waals surface area (Å²) in [6.07, 6.45) is -0.227. The third-order valence-electron chi connectivity index (χ3n) is 6.97. The van der Waals surface area contributed by atoms with Gasteiger partial charge in [-0.15, -0.1) is 22.7 Å². The molecule has 0 saturated heterocycles. The van der Waals surface area contributed by atoms with Gasteiger partial charge in [0.05, 0.1) is 16.1 Å². The van der Waals surface area contributed by atoms with Gasteiger partial charge >= 0.3 is 0 Å². The van der Waals surface area contributed by atoms with Crippen LogP contribution < -0.4 is 9.00 Å². The van der Waals surface area contributed by atoms with E-state index in [1.54, 1.807) is 9.00 Å². The molecule has 2 unspecified atom stereocenters. The predicted molar refractivity (Wildman–Crippen MR) is 171 cm³/mol. The fraction of sp³-hybridized carbons (Fsp3) is 0.375. The lowest BCUT2D eigenvalue weighted by atomic mass is 9.99. The van der Waals surface area contributed by atoms with Crippen LogP contribution in [0.15, 0.2) is 60.7 Å². The number of benzene rings is 2. The van der Waals surface area contributed by atoms with E-state index < -0.39 is 16.1 Å². The highest BCUT2D eigenvalue weighted by Gasteiger charge is 2.31. The van der Waals surface area contributed by atoms with Crippen molar-refractivity contribution in [3.63, 3.8) is 0 Å². The van der Waals surface area contributed by atoms with E-state index >= 15 is 0 Å². The zero-order valence-corrected chi connectivity index (χ0v) is 27.8. The monoisotopic (exact) mass is 562 g/mol. The van der Waals surface area contributed by atoms with Crippen LogP contribution in [0.3, 0.4) is 0 Å². The zero-order valence-electron chi connectivity index (χ0n) is 24.2. The Hall–Kier alpha value is -1.77. The van der Waals surface area contributed by atoms with Crippen LogP contribution in [0.2, 0.25) is 39.3 Å². The fourth-order valence-corrected chi connectivity index (χ4v) is 12.9. The van der Waals surface area contributed by atoms with Crippen LogP contribution in [-0.2, 0) is 4.74 Å². The third kappa shape index (κ3) is 6.12. The van der Waals surface area contributed by atoms with Crippen molar-refractivity contribution < 1.29 is 4.74 Å². The number of ether oxygens (including phenoxy) is 1.